The van der Waals surface area contributed by atoms with E-state index < -0.39 is 6.10 Å². The van der Waals surface area contributed by atoms with E-state index in [0.717, 1.165) is 12.8 Å². The first-order chi connectivity index (χ1) is 8.20. The van der Waals surface area contributed by atoms with E-state index in [2.05, 4.69) is 20.5 Å². The SMILES string of the molecule is CC(NC(=O)C1CCC(CN)O1)c1ncn[nH]1. The van der Waals surface area contributed by atoms with Gasteiger partial charge in [0.25, 0.3) is 0 Å². The van der Waals surface area contributed by atoms with Crippen molar-refractivity contribution < 1.29 is 9.53 Å². The van der Waals surface area contributed by atoms with Crippen molar-refractivity contribution in [2.45, 2.75) is 38.0 Å². The fraction of sp³-hybridized carbons (Fsp3) is 0.700. The Morgan fingerprint density at radius 2 is 2.59 bits per heavy atom. The van der Waals surface area contributed by atoms with E-state index in [1.54, 1.807) is 0 Å². The Kier molecular flexibility index (Phi) is 3.70. The highest BCUT2D eigenvalue weighted by molar-refractivity contribution is 5.81. The summed E-state index contributed by atoms with van der Waals surface area (Å²) in [6.07, 6.45) is 2.58. The average Bonchev–Trinajstić information content (AvgIpc) is 3.00. The summed E-state index contributed by atoms with van der Waals surface area (Å²) in [5, 5.41) is 9.28. The largest absolute Gasteiger partial charge is 0.364 e. The number of ether oxygens (including phenoxy) is 1. The van der Waals surface area contributed by atoms with E-state index in [9.17, 15) is 4.79 Å². The molecule has 7 nitrogen and oxygen atoms in total. The summed E-state index contributed by atoms with van der Waals surface area (Å²) < 4.78 is 5.51. The molecule has 17 heavy (non-hydrogen) atoms. The maximum absolute atomic E-state index is 11.9. The quantitative estimate of drug-likeness (QED) is 0.656. The van der Waals surface area contributed by atoms with Crippen molar-refractivity contribution in [2.24, 2.45) is 5.73 Å². The molecule has 0 radical (unpaired) electrons. The van der Waals surface area contributed by atoms with Gasteiger partial charge in [-0.15, -0.1) is 0 Å². The second kappa shape index (κ2) is 5.24. The number of hydrogen-bond donors (Lipinski definition) is 3. The van der Waals surface area contributed by atoms with Gasteiger partial charge in [0.15, 0.2) is 0 Å². The molecule has 0 bridgehead atoms. The molecule has 3 atom stereocenters. The molecule has 0 aromatic carbocycles. The number of aromatic nitrogens is 3. The van der Waals surface area contributed by atoms with Gasteiger partial charge in [0, 0.05) is 6.54 Å². The number of nitrogens with two attached hydrogens (primary N) is 1. The Morgan fingerprint density at radius 3 is 3.18 bits per heavy atom. The van der Waals surface area contributed by atoms with Crippen LogP contribution in [0.15, 0.2) is 6.33 Å². The minimum Gasteiger partial charge on any atom is -0.364 e. The van der Waals surface area contributed by atoms with Crippen LogP contribution in [-0.4, -0.2) is 39.8 Å². The standard InChI is InChI=1S/C10H17N5O2/c1-6(9-12-5-13-15-9)14-10(16)8-3-2-7(4-11)17-8/h5-8H,2-4,11H2,1H3,(H,14,16)(H,12,13,15). The van der Waals surface area contributed by atoms with E-state index in [1.165, 1.54) is 6.33 Å². The highest BCUT2D eigenvalue weighted by atomic mass is 16.5. The van der Waals surface area contributed by atoms with Gasteiger partial charge >= 0.3 is 0 Å². The number of carbonyl (C=O) groups is 1. The van der Waals surface area contributed by atoms with Crippen molar-refractivity contribution in [3.05, 3.63) is 12.2 Å². The van der Waals surface area contributed by atoms with Crippen molar-refractivity contribution in [1.29, 1.82) is 0 Å². The molecule has 2 rings (SSSR count). The van der Waals surface area contributed by atoms with Gasteiger partial charge in [-0.05, 0) is 19.8 Å². The fourth-order valence-corrected chi connectivity index (χ4v) is 1.87. The zero-order valence-corrected chi connectivity index (χ0v) is 9.72. The molecule has 2 heterocycles. The van der Waals surface area contributed by atoms with Gasteiger partial charge in [0.1, 0.15) is 18.3 Å². The molecule has 94 valence electrons. The van der Waals surface area contributed by atoms with Crippen LogP contribution >= 0.6 is 0 Å². The predicted molar refractivity (Wildman–Crippen MR) is 59.9 cm³/mol. The van der Waals surface area contributed by atoms with Crippen LogP contribution in [0.4, 0.5) is 0 Å². The average molecular weight is 239 g/mol. The lowest BCUT2D eigenvalue weighted by atomic mass is 10.2. The van der Waals surface area contributed by atoms with E-state index in [4.69, 9.17) is 10.5 Å². The third-order valence-corrected chi connectivity index (χ3v) is 2.87. The van der Waals surface area contributed by atoms with Gasteiger partial charge in [-0.2, -0.15) is 5.10 Å². The first-order valence-electron chi connectivity index (χ1n) is 5.72. The van der Waals surface area contributed by atoms with Gasteiger partial charge in [0.2, 0.25) is 5.91 Å². The van der Waals surface area contributed by atoms with E-state index in [-0.39, 0.29) is 18.1 Å². The normalized spacial score (nSPS) is 25.8. The Hall–Kier alpha value is -1.47. The third-order valence-electron chi connectivity index (χ3n) is 2.87. The molecular formula is C10H17N5O2. The second-order valence-corrected chi connectivity index (χ2v) is 4.16. The Morgan fingerprint density at radius 1 is 1.76 bits per heavy atom. The Labute approximate surface area is 99.1 Å². The van der Waals surface area contributed by atoms with Crippen molar-refractivity contribution in [3.63, 3.8) is 0 Å². The molecular weight excluding hydrogens is 222 g/mol. The van der Waals surface area contributed by atoms with Crippen LogP contribution in [0, 0.1) is 0 Å². The molecule has 1 aromatic rings. The molecule has 1 amide bonds. The van der Waals surface area contributed by atoms with Crippen LogP contribution in [0.2, 0.25) is 0 Å². The smallest absolute Gasteiger partial charge is 0.249 e. The number of aromatic amines is 1. The minimum absolute atomic E-state index is 0.00587. The minimum atomic E-state index is -0.395. The highest BCUT2D eigenvalue weighted by Gasteiger charge is 2.30. The molecule has 1 aliphatic rings. The number of H-pyrrole nitrogens is 1. The van der Waals surface area contributed by atoms with Gasteiger partial charge in [-0.1, -0.05) is 0 Å². The van der Waals surface area contributed by atoms with Crippen molar-refractivity contribution in [3.8, 4) is 0 Å². The maximum Gasteiger partial charge on any atom is 0.249 e. The molecule has 3 unspecified atom stereocenters. The number of carbonyl (C=O) groups excluding carboxylic acids is 1. The summed E-state index contributed by atoms with van der Waals surface area (Å²) >= 11 is 0. The monoisotopic (exact) mass is 239 g/mol. The third kappa shape index (κ3) is 2.80. The number of amides is 1. The summed E-state index contributed by atoms with van der Waals surface area (Å²) in [4.78, 5) is 15.9. The van der Waals surface area contributed by atoms with Crippen LogP contribution < -0.4 is 11.1 Å². The van der Waals surface area contributed by atoms with Crippen LogP contribution in [0.3, 0.4) is 0 Å². The van der Waals surface area contributed by atoms with E-state index in [0.29, 0.717) is 12.4 Å². The topological polar surface area (TPSA) is 106 Å². The summed E-state index contributed by atoms with van der Waals surface area (Å²) in [6, 6.07) is -0.203. The lowest BCUT2D eigenvalue weighted by Crippen LogP contribution is -2.37. The number of nitrogens with zero attached hydrogens (tertiary/aromatic N) is 2. The number of hydrogen-bond acceptors (Lipinski definition) is 5. The van der Waals surface area contributed by atoms with Gasteiger partial charge in [-0.25, -0.2) is 4.98 Å². The molecule has 1 fully saturated rings. The lowest BCUT2D eigenvalue weighted by molar-refractivity contribution is -0.132. The highest BCUT2D eigenvalue weighted by Crippen LogP contribution is 2.19. The van der Waals surface area contributed by atoms with Crippen LogP contribution in [0.5, 0.6) is 0 Å². The number of rotatable bonds is 4. The zero-order valence-electron chi connectivity index (χ0n) is 9.72. The summed E-state index contributed by atoms with van der Waals surface area (Å²) in [5.74, 6) is 0.511. The van der Waals surface area contributed by atoms with Crippen LogP contribution in [-0.2, 0) is 9.53 Å². The summed E-state index contributed by atoms with van der Waals surface area (Å²) in [6.45, 7) is 2.30. The molecule has 1 aromatic heterocycles. The van der Waals surface area contributed by atoms with Crippen molar-refractivity contribution in [2.75, 3.05) is 6.54 Å². The van der Waals surface area contributed by atoms with E-state index in [1.807, 2.05) is 6.92 Å². The van der Waals surface area contributed by atoms with Crippen molar-refractivity contribution >= 4 is 5.91 Å². The van der Waals surface area contributed by atoms with Crippen LogP contribution in [0.1, 0.15) is 31.6 Å². The first kappa shape index (κ1) is 12.0. The summed E-state index contributed by atoms with van der Waals surface area (Å²) in [7, 11) is 0. The van der Waals surface area contributed by atoms with Crippen molar-refractivity contribution in [1.82, 2.24) is 20.5 Å². The van der Waals surface area contributed by atoms with Gasteiger partial charge in [-0.3, -0.25) is 9.89 Å². The molecule has 0 aliphatic carbocycles. The number of nitrogens with one attached hydrogen (secondary N) is 2. The van der Waals surface area contributed by atoms with Gasteiger partial charge in [0.05, 0.1) is 12.1 Å². The maximum atomic E-state index is 11.9. The lowest BCUT2D eigenvalue weighted by Gasteiger charge is -2.15. The predicted octanol–water partition coefficient (Wildman–Crippen LogP) is -0.512. The Bertz CT molecular complexity index is 367. The van der Waals surface area contributed by atoms with E-state index >= 15 is 0 Å². The van der Waals surface area contributed by atoms with Crippen LogP contribution in [0.25, 0.3) is 0 Å². The molecule has 1 aliphatic heterocycles. The second-order valence-electron chi connectivity index (χ2n) is 4.16. The molecule has 4 N–H and O–H groups in total. The van der Waals surface area contributed by atoms with Gasteiger partial charge < -0.3 is 15.8 Å². The molecule has 7 heteroatoms. The summed E-state index contributed by atoms with van der Waals surface area (Å²) in [5.41, 5.74) is 5.49. The molecule has 1 saturated heterocycles. The zero-order chi connectivity index (χ0) is 12.3. The fourth-order valence-electron chi connectivity index (χ4n) is 1.87. The molecule has 0 saturated carbocycles. The molecule has 0 spiro atoms. The Balaban J connectivity index is 1.85. The first-order valence-corrected chi connectivity index (χ1v) is 5.72.